The SMILES string of the molecule is CCC(N)c1ccc(Oc2cc(F)ccc2F)cn1. The molecule has 0 aliphatic rings. The highest BCUT2D eigenvalue weighted by atomic mass is 19.1. The van der Waals surface area contributed by atoms with Crippen molar-refractivity contribution in [3.63, 3.8) is 0 Å². The van der Waals surface area contributed by atoms with Gasteiger partial charge in [0.1, 0.15) is 11.6 Å². The number of pyridine rings is 1. The molecule has 100 valence electrons. The largest absolute Gasteiger partial charge is 0.453 e. The Labute approximate surface area is 110 Å². The summed E-state index contributed by atoms with van der Waals surface area (Å²) in [5.74, 6) is -1.03. The molecule has 1 unspecified atom stereocenters. The Kier molecular flexibility index (Phi) is 4.06. The first-order chi connectivity index (χ1) is 9.10. The molecule has 0 bridgehead atoms. The van der Waals surface area contributed by atoms with Crippen molar-refractivity contribution < 1.29 is 13.5 Å². The number of hydrogen-bond donors (Lipinski definition) is 1. The molecule has 0 saturated carbocycles. The zero-order valence-electron chi connectivity index (χ0n) is 10.4. The molecule has 1 aromatic carbocycles. The summed E-state index contributed by atoms with van der Waals surface area (Å²) in [6.07, 6.45) is 2.21. The molecule has 2 N–H and O–H groups in total. The molecule has 2 rings (SSSR count). The molecule has 19 heavy (non-hydrogen) atoms. The van der Waals surface area contributed by atoms with E-state index in [2.05, 4.69) is 4.98 Å². The Hall–Kier alpha value is -2.01. The first-order valence-electron chi connectivity index (χ1n) is 5.94. The van der Waals surface area contributed by atoms with Gasteiger partial charge in [-0.05, 0) is 30.7 Å². The summed E-state index contributed by atoms with van der Waals surface area (Å²) in [6, 6.07) is 6.23. The number of aromatic nitrogens is 1. The van der Waals surface area contributed by atoms with Crippen LogP contribution in [0.3, 0.4) is 0 Å². The van der Waals surface area contributed by atoms with E-state index in [4.69, 9.17) is 10.5 Å². The number of rotatable bonds is 4. The molecule has 1 atom stereocenters. The third-order valence-corrected chi connectivity index (χ3v) is 2.70. The van der Waals surface area contributed by atoms with Gasteiger partial charge < -0.3 is 10.5 Å². The fourth-order valence-corrected chi connectivity index (χ4v) is 1.56. The minimum atomic E-state index is -0.629. The predicted octanol–water partition coefficient (Wildman–Crippen LogP) is 3.56. The molecular formula is C14H14F2N2O. The number of nitrogens with two attached hydrogens (primary N) is 1. The van der Waals surface area contributed by atoms with E-state index in [0.717, 1.165) is 30.3 Å². The standard InChI is InChI=1S/C14H14F2N2O/c1-2-12(17)13-6-4-10(8-18-13)19-14-7-9(15)3-5-11(14)16/h3-8,12H,2,17H2,1H3. The fraction of sp³-hybridized carbons (Fsp3) is 0.214. The number of ether oxygens (including phenoxy) is 1. The van der Waals surface area contributed by atoms with E-state index in [1.54, 1.807) is 12.1 Å². The second-order valence-electron chi connectivity index (χ2n) is 4.11. The van der Waals surface area contributed by atoms with Crippen molar-refractivity contribution in [2.45, 2.75) is 19.4 Å². The third-order valence-electron chi connectivity index (χ3n) is 2.70. The Balaban J connectivity index is 2.17. The monoisotopic (exact) mass is 264 g/mol. The minimum absolute atomic E-state index is 0.139. The van der Waals surface area contributed by atoms with Crippen LogP contribution in [0.15, 0.2) is 36.5 Å². The molecule has 0 spiro atoms. The average molecular weight is 264 g/mol. The van der Waals surface area contributed by atoms with Crippen LogP contribution in [0.4, 0.5) is 8.78 Å². The van der Waals surface area contributed by atoms with Crippen molar-refractivity contribution in [3.05, 3.63) is 53.9 Å². The summed E-state index contributed by atoms with van der Waals surface area (Å²) in [5, 5.41) is 0. The van der Waals surface area contributed by atoms with Crippen molar-refractivity contribution in [1.82, 2.24) is 4.98 Å². The van der Waals surface area contributed by atoms with Crippen molar-refractivity contribution in [2.75, 3.05) is 0 Å². The lowest BCUT2D eigenvalue weighted by molar-refractivity contribution is 0.434. The van der Waals surface area contributed by atoms with E-state index < -0.39 is 11.6 Å². The average Bonchev–Trinajstić information content (AvgIpc) is 2.43. The minimum Gasteiger partial charge on any atom is -0.453 e. The summed E-state index contributed by atoms with van der Waals surface area (Å²) in [7, 11) is 0. The molecular weight excluding hydrogens is 250 g/mol. The van der Waals surface area contributed by atoms with Crippen LogP contribution in [0.2, 0.25) is 0 Å². The van der Waals surface area contributed by atoms with Gasteiger partial charge in [0.05, 0.1) is 11.9 Å². The first-order valence-corrected chi connectivity index (χ1v) is 5.94. The lowest BCUT2D eigenvalue weighted by Crippen LogP contribution is -2.10. The van der Waals surface area contributed by atoms with Crippen LogP contribution >= 0.6 is 0 Å². The van der Waals surface area contributed by atoms with E-state index in [0.29, 0.717) is 5.75 Å². The molecule has 1 aromatic heterocycles. The highest BCUT2D eigenvalue weighted by Crippen LogP contribution is 2.25. The summed E-state index contributed by atoms with van der Waals surface area (Å²) in [4.78, 5) is 4.13. The topological polar surface area (TPSA) is 48.1 Å². The van der Waals surface area contributed by atoms with Crippen LogP contribution in [0, 0.1) is 11.6 Å². The zero-order chi connectivity index (χ0) is 13.8. The highest BCUT2D eigenvalue weighted by Gasteiger charge is 2.08. The fourth-order valence-electron chi connectivity index (χ4n) is 1.56. The van der Waals surface area contributed by atoms with Crippen molar-refractivity contribution >= 4 is 0 Å². The van der Waals surface area contributed by atoms with Gasteiger partial charge in [-0.1, -0.05) is 6.92 Å². The van der Waals surface area contributed by atoms with Gasteiger partial charge in [-0.3, -0.25) is 4.98 Å². The normalized spacial score (nSPS) is 12.2. The van der Waals surface area contributed by atoms with Crippen LogP contribution in [0.1, 0.15) is 25.1 Å². The summed E-state index contributed by atoms with van der Waals surface area (Å²) >= 11 is 0. The lowest BCUT2D eigenvalue weighted by Gasteiger charge is -2.10. The Bertz CT molecular complexity index is 558. The van der Waals surface area contributed by atoms with Crippen LogP contribution in [0.25, 0.3) is 0 Å². The summed E-state index contributed by atoms with van der Waals surface area (Å²) in [5.41, 5.74) is 6.56. The molecule has 0 aliphatic heterocycles. The van der Waals surface area contributed by atoms with Crippen LogP contribution in [0.5, 0.6) is 11.5 Å². The second-order valence-corrected chi connectivity index (χ2v) is 4.11. The molecule has 0 amide bonds. The van der Waals surface area contributed by atoms with Gasteiger partial charge in [-0.25, -0.2) is 8.78 Å². The molecule has 5 heteroatoms. The van der Waals surface area contributed by atoms with E-state index in [-0.39, 0.29) is 11.8 Å². The van der Waals surface area contributed by atoms with E-state index in [1.807, 2.05) is 6.92 Å². The maximum Gasteiger partial charge on any atom is 0.166 e. The van der Waals surface area contributed by atoms with Gasteiger partial charge in [0, 0.05) is 12.1 Å². The Morgan fingerprint density at radius 3 is 2.68 bits per heavy atom. The molecule has 0 aliphatic carbocycles. The Morgan fingerprint density at radius 1 is 1.26 bits per heavy atom. The van der Waals surface area contributed by atoms with Gasteiger partial charge in [-0.2, -0.15) is 0 Å². The number of benzene rings is 1. The number of hydrogen-bond acceptors (Lipinski definition) is 3. The van der Waals surface area contributed by atoms with Crippen LogP contribution < -0.4 is 10.5 Å². The van der Waals surface area contributed by atoms with E-state index in [1.165, 1.54) is 6.20 Å². The molecule has 0 fully saturated rings. The quantitative estimate of drug-likeness (QED) is 0.918. The van der Waals surface area contributed by atoms with Crippen molar-refractivity contribution in [1.29, 1.82) is 0 Å². The van der Waals surface area contributed by atoms with Crippen molar-refractivity contribution in [2.24, 2.45) is 5.73 Å². The lowest BCUT2D eigenvalue weighted by atomic mass is 10.1. The molecule has 3 nitrogen and oxygen atoms in total. The second kappa shape index (κ2) is 5.75. The maximum absolute atomic E-state index is 13.4. The maximum atomic E-state index is 13.4. The molecule has 0 saturated heterocycles. The van der Waals surface area contributed by atoms with E-state index in [9.17, 15) is 8.78 Å². The summed E-state index contributed by atoms with van der Waals surface area (Å²) < 4.78 is 31.6. The summed E-state index contributed by atoms with van der Waals surface area (Å²) in [6.45, 7) is 1.96. The molecule has 2 aromatic rings. The molecule has 0 radical (unpaired) electrons. The first kappa shape index (κ1) is 13.4. The third kappa shape index (κ3) is 3.26. The van der Waals surface area contributed by atoms with Crippen molar-refractivity contribution in [3.8, 4) is 11.5 Å². The van der Waals surface area contributed by atoms with Gasteiger partial charge >= 0.3 is 0 Å². The van der Waals surface area contributed by atoms with E-state index >= 15 is 0 Å². The Morgan fingerprint density at radius 2 is 2.05 bits per heavy atom. The molecule has 1 heterocycles. The van der Waals surface area contributed by atoms with Gasteiger partial charge in [0.2, 0.25) is 0 Å². The van der Waals surface area contributed by atoms with Gasteiger partial charge in [0.15, 0.2) is 11.6 Å². The zero-order valence-corrected chi connectivity index (χ0v) is 10.4. The smallest absolute Gasteiger partial charge is 0.166 e. The number of halogens is 2. The predicted molar refractivity (Wildman–Crippen MR) is 67.9 cm³/mol. The highest BCUT2D eigenvalue weighted by molar-refractivity contribution is 5.31. The van der Waals surface area contributed by atoms with Gasteiger partial charge in [-0.15, -0.1) is 0 Å². The van der Waals surface area contributed by atoms with Crippen LogP contribution in [-0.2, 0) is 0 Å². The van der Waals surface area contributed by atoms with Crippen LogP contribution in [-0.4, -0.2) is 4.98 Å². The van der Waals surface area contributed by atoms with Gasteiger partial charge in [0.25, 0.3) is 0 Å². The number of nitrogens with zero attached hydrogens (tertiary/aromatic N) is 1.